The molecule has 0 saturated heterocycles. The Bertz CT molecular complexity index is 925. The van der Waals surface area contributed by atoms with Gasteiger partial charge in [-0.1, -0.05) is 11.6 Å². The second-order valence-electron chi connectivity index (χ2n) is 6.64. The topological polar surface area (TPSA) is 29.1 Å². The van der Waals surface area contributed by atoms with Gasteiger partial charge >= 0.3 is 0 Å². The SMILES string of the molecule is Cc1cc(C(=O)C[n+]2ccc(N(C)C)cc2)c(C)n1-c1ccc(Cl)cc1. The molecular weight excluding hydrogens is 346 g/mol. The summed E-state index contributed by atoms with van der Waals surface area (Å²) in [5.41, 5.74) is 4.84. The predicted molar refractivity (Wildman–Crippen MR) is 106 cm³/mol. The Morgan fingerprint density at radius 1 is 1.08 bits per heavy atom. The number of aryl methyl sites for hydroxylation is 1. The van der Waals surface area contributed by atoms with Crippen LogP contribution < -0.4 is 9.47 Å². The van der Waals surface area contributed by atoms with Gasteiger partial charge in [0.2, 0.25) is 12.3 Å². The molecule has 3 rings (SSSR count). The van der Waals surface area contributed by atoms with Gasteiger partial charge < -0.3 is 9.47 Å². The van der Waals surface area contributed by atoms with Gasteiger partial charge in [0.05, 0.1) is 0 Å². The lowest BCUT2D eigenvalue weighted by Gasteiger charge is -2.10. The minimum atomic E-state index is 0.0981. The molecule has 26 heavy (non-hydrogen) atoms. The Morgan fingerprint density at radius 3 is 2.27 bits per heavy atom. The molecule has 3 aromatic rings. The van der Waals surface area contributed by atoms with Crippen LogP contribution in [0.25, 0.3) is 5.69 Å². The third kappa shape index (κ3) is 3.65. The third-order valence-corrected chi connectivity index (χ3v) is 4.78. The highest BCUT2D eigenvalue weighted by Gasteiger charge is 2.19. The molecule has 0 aliphatic carbocycles. The number of anilines is 1. The van der Waals surface area contributed by atoms with E-state index in [2.05, 4.69) is 4.57 Å². The van der Waals surface area contributed by atoms with Gasteiger partial charge in [0.15, 0.2) is 12.4 Å². The van der Waals surface area contributed by atoms with E-state index in [0.717, 1.165) is 28.3 Å². The summed E-state index contributed by atoms with van der Waals surface area (Å²) in [6.07, 6.45) is 3.87. The molecule has 1 aromatic carbocycles. The van der Waals surface area contributed by atoms with Gasteiger partial charge in [0.1, 0.15) is 0 Å². The van der Waals surface area contributed by atoms with Crippen molar-refractivity contribution in [3.8, 4) is 5.69 Å². The van der Waals surface area contributed by atoms with Crippen molar-refractivity contribution in [3.05, 3.63) is 76.8 Å². The summed E-state index contributed by atoms with van der Waals surface area (Å²) in [5.74, 6) is 0.0981. The van der Waals surface area contributed by atoms with Gasteiger partial charge in [-0.25, -0.2) is 0 Å². The van der Waals surface area contributed by atoms with Gasteiger partial charge in [-0.05, 0) is 44.2 Å². The molecule has 0 radical (unpaired) electrons. The zero-order valence-corrected chi connectivity index (χ0v) is 16.3. The standard InChI is InChI=1S/C21H23ClN3O/c1-15-13-20(16(2)25(15)19-7-5-17(22)6-8-19)21(26)14-24-11-9-18(10-12-24)23(3)4/h5-13H,14H2,1-4H3/q+1. The molecule has 0 amide bonds. The van der Waals surface area contributed by atoms with Crippen LogP contribution in [0.1, 0.15) is 21.7 Å². The Morgan fingerprint density at radius 2 is 1.69 bits per heavy atom. The van der Waals surface area contributed by atoms with Crippen molar-refractivity contribution in [1.82, 2.24) is 4.57 Å². The summed E-state index contributed by atoms with van der Waals surface area (Å²) in [6.45, 7) is 4.31. The van der Waals surface area contributed by atoms with E-state index >= 15 is 0 Å². The van der Waals surface area contributed by atoms with Gasteiger partial charge in [0.25, 0.3) is 0 Å². The fourth-order valence-electron chi connectivity index (χ4n) is 3.14. The molecular formula is C21H23ClN3O+. The highest BCUT2D eigenvalue weighted by Crippen LogP contribution is 2.22. The van der Waals surface area contributed by atoms with Gasteiger partial charge in [0, 0.05) is 59.6 Å². The highest BCUT2D eigenvalue weighted by molar-refractivity contribution is 6.30. The van der Waals surface area contributed by atoms with Crippen LogP contribution >= 0.6 is 11.6 Å². The van der Waals surface area contributed by atoms with E-state index in [-0.39, 0.29) is 5.78 Å². The van der Waals surface area contributed by atoms with Crippen LogP contribution in [0.15, 0.2) is 54.9 Å². The first kappa shape index (κ1) is 18.2. The second kappa shape index (κ2) is 7.34. The Hall–Kier alpha value is -2.59. The lowest BCUT2D eigenvalue weighted by Crippen LogP contribution is -2.37. The fourth-order valence-corrected chi connectivity index (χ4v) is 3.26. The number of carbonyl (C=O) groups excluding carboxylic acids is 1. The maximum absolute atomic E-state index is 12.8. The van der Waals surface area contributed by atoms with Crippen LogP contribution in [0, 0.1) is 13.8 Å². The third-order valence-electron chi connectivity index (χ3n) is 4.53. The van der Waals surface area contributed by atoms with Gasteiger partial charge in [-0.15, -0.1) is 0 Å². The minimum Gasteiger partial charge on any atom is -0.377 e. The molecule has 0 atom stereocenters. The molecule has 0 spiro atoms. The molecule has 4 nitrogen and oxygen atoms in total. The van der Waals surface area contributed by atoms with E-state index in [1.807, 2.05) is 92.3 Å². The van der Waals surface area contributed by atoms with E-state index < -0.39 is 0 Å². The molecule has 0 fully saturated rings. The van der Waals surface area contributed by atoms with E-state index in [0.29, 0.717) is 11.6 Å². The van der Waals surface area contributed by atoms with Crippen molar-refractivity contribution in [2.45, 2.75) is 20.4 Å². The van der Waals surface area contributed by atoms with E-state index in [1.54, 1.807) is 0 Å². The molecule has 5 heteroatoms. The van der Waals surface area contributed by atoms with Crippen LogP contribution in [0.3, 0.4) is 0 Å². The molecule has 0 N–H and O–H groups in total. The summed E-state index contributed by atoms with van der Waals surface area (Å²) in [7, 11) is 3.99. The maximum atomic E-state index is 12.8. The Labute approximate surface area is 159 Å². The second-order valence-corrected chi connectivity index (χ2v) is 7.08. The van der Waals surface area contributed by atoms with E-state index in [1.165, 1.54) is 0 Å². The number of halogens is 1. The number of ketones is 1. The average Bonchev–Trinajstić information content (AvgIpc) is 2.91. The first-order valence-corrected chi connectivity index (χ1v) is 8.89. The summed E-state index contributed by atoms with van der Waals surface area (Å²) in [4.78, 5) is 14.9. The molecule has 0 unspecified atom stereocenters. The van der Waals surface area contributed by atoms with Gasteiger partial charge in [-0.3, -0.25) is 4.79 Å². The number of benzene rings is 1. The number of rotatable bonds is 5. The lowest BCUT2D eigenvalue weighted by atomic mass is 10.1. The zero-order valence-electron chi connectivity index (χ0n) is 15.5. The van der Waals surface area contributed by atoms with Crippen LogP contribution in [0.2, 0.25) is 5.02 Å². The normalized spacial score (nSPS) is 10.8. The molecule has 0 aliphatic heterocycles. The molecule has 134 valence electrons. The van der Waals surface area contributed by atoms with Crippen LogP contribution in [-0.4, -0.2) is 24.4 Å². The van der Waals surface area contributed by atoms with Crippen molar-refractivity contribution in [2.75, 3.05) is 19.0 Å². The number of hydrogen-bond donors (Lipinski definition) is 0. The Balaban J connectivity index is 1.86. The Kier molecular flexibility index (Phi) is 5.14. The molecule has 0 aliphatic rings. The molecule has 2 aromatic heterocycles. The zero-order chi connectivity index (χ0) is 18.8. The number of aromatic nitrogens is 2. The average molecular weight is 369 g/mol. The van der Waals surface area contributed by atoms with Gasteiger partial charge in [-0.2, -0.15) is 4.57 Å². The first-order valence-electron chi connectivity index (χ1n) is 8.51. The molecule has 0 bridgehead atoms. The maximum Gasteiger partial charge on any atom is 0.229 e. The lowest BCUT2D eigenvalue weighted by molar-refractivity contribution is -0.683. The number of hydrogen-bond acceptors (Lipinski definition) is 2. The summed E-state index contributed by atoms with van der Waals surface area (Å²) < 4.78 is 3.99. The first-order chi connectivity index (χ1) is 12.4. The monoisotopic (exact) mass is 368 g/mol. The highest BCUT2D eigenvalue weighted by atomic mass is 35.5. The van der Waals surface area contributed by atoms with Crippen molar-refractivity contribution >= 4 is 23.1 Å². The fraction of sp³-hybridized carbons (Fsp3) is 0.238. The smallest absolute Gasteiger partial charge is 0.229 e. The van der Waals surface area contributed by atoms with Crippen LogP contribution in [0.5, 0.6) is 0 Å². The van der Waals surface area contributed by atoms with Crippen LogP contribution in [0.4, 0.5) is 5.69 Å². The van der Waals surface area contributed by atoms with Crippen molar-refractivity contribution in [3.63, 3.8) is 0 Å². The van der Waals surface area contributed by atoms with Crippen LogP contribution in [-0.2, 0) is 6.54 Å². The summed E-state index contributed by atoms with van der Waals surface area (Å²) in [5, 5.41) is 0.699. The van der Waals surface area contributed by atoms with Crippen molar-refractivity contribution in [1.29, 1.82) is 0 Å². The number of nitrogens with zero attached hydrogens (tertiary/aromatic N) is 3. The number of pyridine rings is 1. The van der Waals surface area contributed by atoms with Crippen molar-refractivity contribution in [2.24, 2.45) is 0 Å². The largest absolute Gasteiger partial charge is 0.377 e. The molecule has 0 saturated carbocycles. The number of carbonyl (C=O) groups is 1. The molecule has 2 heterocycles. The van der Waals surface area contributed by atoms with Crippen molar-refractivity contribution < 1.29 is 9.36 Å². The number of Topliss-reactive ketones (excluding diaryl/α,β-unsaturated/α-hetero) is 1. The predicted octanol–water partition coefficient (Wildman–Crippen LogP) is 3.98. The summed E-state index contributed by atoms with van der Waals surface area (Å²) >= 11 is 5.99. The summed E-state index contributed by atoms with van der Waals surface area (Å²) in [6, 6.07) is 13.6. The quantitative estimate of drug-likeness (QED) is 0.503. The van der Waals surface area contributed by atoms with E-state index in [4.69, 9.17) is 11.6 Å². The van der Waals surface area contributed by atoms with E-state index in [9.17, 15) is 4.79 Å². The minimum absolute atomic E-state index is 0.0981.